The standard InChI is InChI=1S/C17H24N2O4/c1-3-19(12-15-9-6-10-23-15)16(20)13-7-5-8-14(11-13)18-17(21)22-4-2/h5,7-8,11,15H,3-4,6,9-10,12H2,1-2H3,(H,18,21). The van der Waals surface area contributed by atoms with Gasteiger partial charge in [-0.1, -0.05) is 6.07 Å². The number of rotatable bonds is 6. The monoisotopic (exact) mass is 320 g/mol. The van der Waals surface area contributed by atoms with Crippen molar-refractivity contribution in [2.75, 3.05) is 31.6 Å². The van der Waals surface area contributed by atoms with Gasteiger partial charge in [0, 0.05) is 30.9 Å². The summed E-state index contributed by atoms with van der Waals surface area (Å²) in [5.41, 5.74) is 1.08. The van der Waals surface area contributed by atoms with Gasteiger partial charge in [-0.25, -0.2) is 4.79 Å². The first-order chi connectivity index (χ1) is 11.1. The van der Waals surface area contributed by atoms with Crippen LogP contribution in [-0.4, -0.2) is 49.3 Å². The molecule has 0 saturated carbocycles. The fraction of sp³-hybridized carbons (Fsp3) is 0.529. The molecule has 1 aromatic rings. The quantitative estimate of drug-likeness (QED) is 0.875. The lowest BCUT2D eigenvalue weighted by Gasteiger charge is -2.24. The van der Waals surface area contributed by atoms with Crippen molar-refractivity contribution in [3.63, 3.8) is 0 Å². The zero-order valence-electron chi connectivity index (χ0n) is 13.7. The van der Waals surface area contributed by atoms with Gasteiger partial charge in [-0.05, 0) is 44.9 Å². The second-order valence-electron chi connectivity index (χ2n) is 5.41. The average Bonchev–Trinajstić information content (AvgIpc) is 3.05. The normalized spacial score (nSPS) is 16.9. The summed E-state index contributed by atoms with van der Waals surface area (Å²) in [6.07, 6.45) is 1.65. The Bertz CT molecular complexity index is 541. The van der Waals surface area contributed by atoms with E-state index in [1.54, 1.807) is 36.1 Å². The Kier molecular flexibility index (Phi) is 6.40. The Morgan fingerprint density at radius 3 is 2.87 bits per heavy atom. The second-order valence-corrected chi connectivity index (χ2v) is 5.41. The minimum absolute atomic E-state index is 0.0597. The number of hydrogen-bond acceptors (Lipinski definition) is 4. The molecule has 1 unspecified atom stereocenters. The summed E-state index contributed by atoms with van der Waals surface area (Å²) >= 11 is 0. The van der Waals surface area contributed by atoms with E-state index in [-0.39, 0.29) is 12.0 Å². The highest BCUT2D eigenvalue weighted by molar-refractivity contribution is 5.96. The summed E-state index contributed by atoms with van der Waals surface area (Å²) in [6, 6.07) is 6.88. The van der Waals surface area contributed by atoms with Crippen molar-refractivity contribution in [1.82, 2.24) is 4.90 Å². The Morgan fingerprint density at radius 1 is 1.39 bits per heavy atom. The van der Waals surface area contributed by atoms with Crippen LogP contribution < -0.4 is 5.32 Å². The number of hydrogen-bond donors (Lipinski definition) is 1. The molecule has 1 aliphatic heterocycles. The number of nitrogens with one attached hydrogen (secondary N) is 1. The number of anilines is 1. The lowest BCUT2D eigenvalue weighted by molar-refractivity contribution is 0.0539. The molecule has 0 bridgehead atoms. The van der Waals surface area contributed by atoms with Gasteiger partial charge in [0.05, 0.1) is 12.7 Å². The first-order valence-corrected chi connectivity index (χ1v) is 8.08. The van der Waals surface area contributed by atoms with Gasteiger partial charge in [0.15, 0.2) is 0 Å². The Morgan fingerprint density at radius 2 is 2.22 bits per heavy atom. The van der Waals surface area contributed by atoms with Gasteiger partial charge in [-0.3, -0.25) is 10.1 Å². The zero-order valence-corrected chi connectivity index (χ0v) is 13.7. The van der Waals surface area contributed by atoms with Crippen molar-refractivity contribution >= 4 is 17.7 Å². The molecular formula is C17H24N2O4. The van der Waals surface area contributed by atoms with Crippen LogP contribution in [0.2, 0.25) is 0 Å². The van der Waals surface area contributed by atoms with Gasteiger partial charge < -0.3 is 14.4 Å². The highest BCUT2D eigenvalue weighted by atomic mass is 16.5. The molecule has 2 amide bonds. The van der Waals surface area contributed by atoms with Gasteiger partial charge in [0.1, 0.15) is 0 Å². The molecule has 1 heterocycles. The molecule has 126 valence electrons. The zero-order chi connectivity index (χ0) is 16.7. The molecule has 1 N–H and O–H groups in total. The average molecular weight is 320 g/mol. The molecule has 2 rings (SSSR count). The Balaban J connectivity index is 2.03. The molecule has 0 radical (unpaired) electrons. The molecule has 23 heavy (non-hydrogen) atoms. The fourth-order valence-electron chi connectivity index (χ4n) is 2.59. The number of amides is 2. The highest BCUT2D eigenvalue weighted by Crippen LogP contribution is 2.17. The van der Waals surface area contributed by atoms with Gasteiger partial charge in [-0.15, -0.1) is 0 Å². The summed E-state index contributed by atoms with van der Waals surface area (Å²) in [4.78, 5) is 25.9. The first kappa shape index (κ1) is 17.3. The molecule has 1 atom stereocenters. The molecule has 6 heteroatoms. The van der Waals surface area contributed by atoms with Gasteiger partial charge >= 0.3 is 6.09 Å². The maximum atomic E-state index is 12.7. The van der Waals surface area contributed by atoms with Crippen LogP contribution in [0.3, 0.4) is 0 Å². The Hall–Kier alpha value is -2.08. The van der Waals surface area contributed by atoms with Gasteiger partial charge in [-0.2, -0.15) is 0 Å². The summed E-state index contributed by atoms with van der Waals surface area (Å²) < 4.78 is 10.4. The lowest BCUT2D eigenvalue weighted by Crippen LogP contribution is -2.37. The van der Waals surface area contributed by atoms with Crippen LogP contribution in [0.25, 0.3) is 0 Å². The van der Waals surface area contributed by atoms with Crippen molar-refractivity contribution in [1.29, 1.82) is 0 Å². The predicted molar refractivity (Wildman–Crippen MR) is 87.6 cm³/mol. The summed E-state index contributed by atoms with van der Waals surface area (Å²) in [7, 11) is 0. The molecule has 0 aromatic heterocycles. The maximum absolute atomic E-state index is 12.7. The fourth-order valence-corrected chi connectivity index (χ4v) is 2.59. The molecule has 0 aliphatic carbocycles. The highest BCUT2D eigenvalue weighted by Gasteiger charge is 2.22. The van der Waals surface area contributed by atoms with E-state index in [0.29, 0.717) is 30.9 Å². The molecular weight excluding hydrogens is 296 g/mol. The smallest absolute Gasteiger partial charge is 0.411 e. The summed E-state index contributed by atoms with van der Waals surface area (Å²) in [6.45, 7) is 5.99. The lowest BCUT2D eigenvalue weighted by atomic mass is 10.1. The molecule has 1 fully saturated rings. The van der Waals surface area contributed by atoms with E-state index in [4.69, 9.17) is 9.47 Å². The third-order valence-corrected chi connectivity index (χ3v) is 3.75. The second kappa shape index (κ2) is 8.53. The first-order valence-electron chi connectivity index (χ1n) is 8.08. The molecule has 1 aliphatic rings. The van der Waals surface area contributed by atoms with Crippen LogP contribution in [0.1, 0.15) is 37.0 Å². The van der Waals surface area contributed by atoms with E-state index in [9.17, 15) is 9.59 Å². The number of carbonyl (C=O) groups excluding carboxylic acids is 2. The largest absolute Gasteiger partial charge is 0.450 e. The van der Waals surface area contributed by atoms with Crippen LogP contribution in [0.5, 0.6) is 0 Å². The third-order valence-electron chi connectivity index (χ3n) is 3.75. The molecule has 1 aromatic carbocycles. The number of carbonyl (C=O) groups is 2. The third kappa shape index (κ3) is 4.96. The number of likely N-dealkylation sites (N-methyl/N-ethyl adjacent to an activating group) is 1. The SMILES string of the molecule is CCOC(=O)Nc1cccc(C(=O)N(CC)CC2CCCO2)c1. The van der Waals surface area contributed by atoms with Crippen molar-refractivity contribution in [2.45, 2.75) is 32.8 Å². The predicted octanol–water partition coefficient (Wildman–Crippen LogP) is 2.90. The van der Waals surface area contributed by atoms with Crippen LogP contribution in [0.4, 0.5) is 10.5 Å². The van der Waals surface area contributed by atoms with Gasteiger partial charge in [0.25, 0.3) is 5.91 Å². The van der Waals surface area contributed by atoms with Crippen LogP contribution >= 0.6 is 0 Å². The van der Waals surface area contributed by atoms with E-state index < -0.39 is 6.09 Å². The number of ether oxygens (including phenoxy) is 2. The van der Waals surface area contributed by atoms with Crippen LogP contribution in [0, 0.1) is 0 Å². The van der Waals surface area contributed by atoms with E-state index in [1.165, 1.54) is 0 Å². The van der Waals surface area contributed by atoms with Crippen molar-refractivity contribution in [3.8, 4) is 0 Å². The van der Waals surface area contributed by atoms with Crippen LogP contribution in [-0.2, 0) is 9.47 Å². The summed E-state index contributed by atoms with van der Waals surface area (Å²) in [5, 5.41) is 2.61. The topological polar surface area (TPSA) is 67.9 Å². The van der Waals surface area contributed by atoms with Crippen molar-refractivity contribution < 1.29 is 19.1 Å². The molecule has 1 saturated heterocycles. The Labute approximate surface area is 136 Å². The molecule has 0 spiro atoms. The van der Waals surface area contributed by atoms with Crippen molar-refractivity contribution in [3.05, 3.63) is 29.8 Å². The van der Waals surface area contributed by atoms with Crippen molar-refractivity contribution in [2.24, 2.45) is 0 Å². The minimum atomic E-state index is -0.524. The maximum Gasteiger partial charge on any atom is 0.411 e. The van der Waals surface area contributed by atoms with E-state index in [0.717, 1.165) is 19.4 Å². The van der Waals surface area contributed by atoms with Crippen LogP contribution in [0.15, 0.2) is 24.3 Å². The summed E-state index contributed by atoms with van der Waals surface area (Å²) in [5.74, 6) is -0.0597. The minimum Gasteiger partial charge on any atom is -0.450 e. The van der Waals surface area contributed by atoms with Gasteiger partial charge in [0.2, 0.25) is 0 Å². The van der Waals surface area contributed by atoms with E-state index in [2.05, 4.69) is 5.32 Å². The number of nitrogens with zero attached hydrogens (tertiary/aromatic N) is 1. The number of benzene rings is 1. The van der Waals surface area contributed by atoms with E-state index >= 15 is 0 Å². The molecule has 6 nitrogen and oxygen atoms in total. The van der Waals surface area contributed by atoms with E-state index in [1.807, 2.05) is 6.92 Å².